The molecule has 0 saturated carbocycles. The molecule has 0 spiro atoms. The van der Waals surface area contributed by atoms with Crippen LogP contribution in [0, 0.1) is 0 Å². The molecule has 3 rings (SSSR count). The van der Waals surface area contributed by atoms with E-state index in [1.807, 2.05) is 38.1 Å². The summed E-state index contributed by atoms with van der Waals surface area (Å²) in [6.07, 6.45) is 2.67. The summed E-state index contributed by atoms with van der Waals surface area (Å²) < 4.78 is 5.65. The molecule has 1 aliphatic heterocycles. The highest BCUT2D eigenvalue weighted by Gasteiger charge is 2.34. The maximum absolute atomic E-state index is 12.3. The monoisotopic (exact) mass is 299 g/mol. The minimum atomic E-state index is -0.121. The van der Waals surface area contributed by atoms with Crippen LogP contribution >= 0.6 is 0 Å². The number of amides is 1. The standard InChI is InChI=1S/C18H21NO3/c1-11(2)22-13-8-6-12(7-9-13)14-10-17(21)19-15-4-3-5-16(20)18(14)15/h6-9,11,14H,3-5,10H2,1-2H3,(H,19,21)/t14-/m1/s1. The second kappa shape index (κ2) is 5.95. The van der Waals surface area contributed by atoms with Gasteiger partial charge < -0.3 is 10.1 Å². The fourth-order valence-electron chi connectivity index (χ4n) is 3.24. The van der Waals surface area contributed by atoms with E-state index in [-0.39, 0.29) is 23.7 Å². The molecule has 22 heavy (non-hydrogen) atoms. The number of rotatable bonds is 3. The SMILES string of the molecule is CC(C)Oc1ccc([C@H]2CC(=O)NC3=C2C(=O)CCC3)cc1. The topological polar surface area (TPSA) is 55.4 Å². The van der Waals surface area contributed by atoms with E-state index < -0.39 is 0 Å². The van der Waals surface area contributed by atoms with Crippen molar-refractivity contribution in [1.29, 1.82) is 0 Å². The number of hydrogen-bond donors (Lipinski definition) is 1. The van der Waals surface area contributed by atoms with Gasteiger partial charge in [-0.2, -0.15) is 0 Å². The van der Waals surface area contributed by atoms with E-state index in [4.69, 9.17) is 4.74 Å². The van der Waals surface area contributed by atoms with Gasteiger partial charge >= 0.3 is 0 Å². The largest absolute Gasteiger partial charge is 0.491 e. The first-order chi connectivity index (χ1) is 10.5. The summed E-state index contributed by atoms with van der Waals surface area (Å²) in [6, 6.07) is 7.76. The number of carbonyl (C=O) groups excluding carboxylic acids is 2. The van der Waals surface area contributed by atoms with E-state index in [1.165, 1.54) is 0 Å². The first-order valence-corrected chi connectivity index (χ1v) is 7.87. The zero-order valence-electron chi connectivity index (χ0n) is 13.0. The molecule has 1 amide bonds. The first-order valence-electron chi connectivity index (χ1n) is 7.87. The molecule has 0 fully saturated rings. The quantitative estimate of drug-likeness (QED) is 0.933. The van der Waals surface area contributed by atoms with Crippen molar-refractivity contribution in [2.24, 2.45) is 0 Å². The zero-order chi connectivity index (χ0) is 15.7. The summed E-state index contributed by atoms with van der Waals surface area (Å²) in [5.41, 5.74) is 2.65. The maximum atomic E-state index is 12.3. The summed E-state index contributed by atoms with van der Waals surface area (Å²) in [5, 5.41) is 2.88. The van der Waals surface area contributed by atoms with E-state index in [2.05, 4.69) is 5.32 Å². The Kier molecular flexibility index (Phi) is 4.01. The van der Waals surface area contributed by atoms with E-state index in [1.54, 1.807) is 0 Å². The smallest absolute Gasteiger partial charge is 0.225 e. The predicted octanol–water partition coefficient (Wildman–Crippen LogP) is 3.08. The second-order valence-corrected chi connectivity index (χ2v) is 6.21. The molecular formula is C18H21NO3. The van der Waals surface area contributed by atoms with Crippen LogP contribution in [0.4, 0.5) is 0 Å². The lowest BCUT2D eigenvalue weighted by molar-refractivity contribution is -0.122. The molecule has 4 nitrogen and oxygen atoms in total. The van der Waals surface area contributed by atoms with Crippen LogP contribution in [0.1, 0.15) is 51.0 Å². The first kappa shape index (κ1) is 14.8. The van der Waals surface area contributed by atoms with Gasteiger partial charge in [0.15, 0.2) is 5.78 Å². The highest BCUT2D eigenvalue weighted by Crippen LogP contribution is 2.38. The van der Waals surface area contributed by atoms with Gasteiger partial charge in [-0.25, -0.2) is 0 Å². The number of carbonyl (C=O) groups is 2. The van der Waals surface area contributed by atoms with Crippen molar-refractivity contribution >= 4 is 11.7 Å². The predicted molar refractivity (Wildman–Crippen MR) is 83.6 cm³/mol. The van der Waals surface area contributed by atoms with E-state index in [0.29, 0.717) is 12.8 Å². The van der Waals surface area contributed by atoms with Crippen LogP contribution < -0.4 is 10.1 Å². The van der Waals surface area contributed by atoms with Crippen LogP contribution in [0.3, 0.4) is 0 Å². The Labute approximate surface area is 130 Å². The van der Waals surface area contributed by atoms with Crippen molar-refractivity contribution in [3.63, 3.8) is 0 Å². The highest BCUT2D eigenvalue weighted by atomic mass is 16.5. The van der Waals surface area contributed by atoms with Crippen LogP contribution in [0.2, 0.25) is 0 Å². The second-order valence-electron chi connectivity index (χ2n) is 6.21. The molecule has 1 atom stereocenters. The molecule has 1 N–H and O–H groups in total. The van der Waals surface area contributed by atoms with Crippen molar-refractivity contribution in [3.05, 3.63) is 41.1 Å². The van der Waals surface area contributed by atoms with Crippen LogP contribution in [-0.2, 0) is 9.59 Å². The fraction of sp³-hybridized carbons (Fsp3) is 0.444. The Balaban J connectivity index is 1.92. The molecule has 0 unspecified atom stereocenters. The van der Waals surface area contributed by atoms with E-state index >= 15 is 0 Å². The fourth-order valence-corrected chi connectivity index (χ4v) is 3.24. The third kappa shape index (κ3) is 2.91. The van der Waals surface area contributed by atoms with Gasteiger partial charge in [-0.3, -0.25) is 9.59 Å². The minimum Gasteiger partial charge on any atom is -0.491 e. The third-order valence-electron chi connectivity index (χ3n) is 4.14. The van der Waals surface area contributed by atoms with Gasteiger partial charge in [0, 0.05) is 30.0 Å². The Morgan fingerprint density at radius 3 is 2.55 bits per heavy atom. The third-order valence-corrected chi connectivity index (χ3v) is 4.14. The van der Waals surface area contributed by atoms with Crippen molar-refractivity contribution < 1.29 is 14.3 Å². The molecular weight excluding hydrogens is 278 g/mol. The van der Waals surface area contributed by atoms with Crippen LogP contribution in [0.25, 0.3) is 0 Å². The summed E-state index contributed by atoms with van der Waals surface area (Å²) in [4.78, 5) is 24.2. The molecule has 4 heteroatoms. The summed E-state index contributed by atoms with van der Waals surface area (Å²) in [7, 11) is 0. The van der Waals surface area contributed by atoms with Gasteiger partial charge in [-0.1, -0.05) is 12.1 Å². The van der Waals surface area contributed by atoms with Gasteiger partial charge in [-0.05, 0) is 44.4 Å². The van der Waals surface area contributed by atoms with Crippen LogP contribution in [0.5, 0.6) is 5.75 Å². The van der Waals surface area contributed by atoms with Crippen LogP contribution in [-0.4, -0.2) is 17.8 Å². The summed E-state index contributed by atoms with van der Waals surface area (Å²) in [6.45, 7) is 3.97. The highest BCUT2D eigenvalue weighted by molar-refractivity contribution is 6.01. The van der Waals surface area contributed by atoms with E-state index in [9.17, 15) is 9.59 Å². The van der Waals surface area contributed by atoms with Gasteiger partial charge in [0.2, 0.25) is 5.91 Å². The average Bonchev–Trinajstić information content (AvgIpc) is 2.46. The number of ether oxygens (including phenoxy) is 1. The average molecular weight is 299 g/mol. The lowest BCUT2D eigenvalue weighted by atomic mass is 9.78. The Hall–Kier alpha value is -2.10. The molecule has 1 aliphatic carbocycles. The van der Waals surface area contributed by atoms with Crippen molar-refractivity contribution in [2.45, 2.75) is 51.6 Å². The molecule has 116 valence electrons. The van der Waals surface area contributed by atoms with Gasteiger partial charge in [0.25, 0.3) is 0 Å². The molecule has 0 bridgehead atoms. The lowest BCUT2D eigenvalue weighted by Crippen LogP contribution is -2.36. The number of allylic oxidation sites excluding steroid dienone is 2. The number of hydrogen-bond acceptors (Lipinski definition) is 3. The van der Waals surface area contributed by atoms with Crippen molar-refractivity contribution in [1.82, 2.24) is 5.32 Å². The van der Waals surface area contributed by atoms with Crippen molar-refractivity contribution in [2.75, 3.05) is 0 Å². The molecule has 1 aromatic carbocycles. The van der Waals surface area contributed by atoms with Crippen LogP contribution in [0.15, 0.2) is 35.5 Å². The molecule has 2 aliphatic rings. The molecule has 0 saturated heterocycles. The van der Waals surface area contributed by atoms with Gasteiger partial charge in [-0.15, -0.1) is 0 Å². The number of nitrogens with one attached hydrogen (secondary N) is 1. The molecule has 1 aromatic rings. The van der Waals surface area contributed by atoms with Crippen molar-refractivity contribution in [3.8, 4) is 5.75 Å². The Morgan fingerprint density at radius 2 is 1.86 bits per heavy atom. The Morgan fingerprint density at radius 1 is 1.14 bits per heavy atom. The number of Topliss-reactive ketones (excluding diaryl/α,β-unsaturated/α-hetero) is 1. The summed E-state index contributed by atoms with van der Waals surface area (Å²) in [5.74, 6) is 0.863. The Bertz CT molecular complexity index is 628. The summed E-state index contributed by atoms with van der Waals surface area (Å²) >= 11 is 0. The maximum Gasteiger partial charge on any atom is 0.225 e. The molecule has 0 radical (unpaired) electrons. The number of ketones is 1. The van der Waals surface area contributed by atoms with Gasteiger partial charge in [0.1, 0.15) is 5.75 Å². The zero-order valence-corrected chi connectivity index (χ0v) is 13.0. The normalized spacial score (nSPS) is 21.7. The molecule has 0 aromatic heterocycles. The lowest BCUT2D eigenvalue weighted by Gasteiger charge is -2.31. The number of benzene rings is 1. The van der Waals surface area contributed by atoms with E-state index in [0.717, 1.165) is 35.4 Å². The molecule has 1 heterocycles. The van der Waals surface area contributed by atoms with Gasteiger partial charge in [0.05, 0.1) is 6.10 Å². The minimum absolute atomic E-state index is 0.000886.